The van der Waals surface area contributed by atoms with Gasteiger partial charge in [0.05, 0.1) is 0 Å². The summed E-state index contributed by atoms with van der Waals surface area (Å²) in [5.41, 5.74) is 5.73. The van der Waals surface area contributed by atoms with E-state index in [0.29, 0.717) is 18.5 Å². The number of rotatable bonds is 4. The zero-order chi connectivity index (χ0) is 13.0. The molecule has 1 amide bonds. The number of nitrogens with zero attached hydrogens (tertiary/aromatic N) is 1. The van der Waals surface area contributed by atoms with Crippen LogP contribution in [0.25, 0.3) is 0 Å². The minimum atomic E-state index is 0.170. The Balaban J connectivity index is 1.77. The Bertz CT molecular complexity index is 282. The summed E-state index contributed by atoms with van der Waals surface area (Å²) < 4.78 is 0. The number of piperidine rings is 1. The maximum absolute atomic E-state index is 12.2. The van der Waals surface area contributed by atoms with Gasteiger partial charge in [0.15, 0.2) is 0 Å². The number of hydrogen-bond acceptors (Lipinski definition) is 3. The summed E-state index contributed by atoms with van der Waals surface area (Å²) in [5, 5.41) is 3.15. The summed E-state index contributed by atoms with van der Waals surface area (Å²) in [4.78, 5) is 14.6. The van der Waals surface area contributed by atoms with E-state index in [4.69, 9.17) is 5.73 Å². The number of amides is 1. The van der Waals surface area contributed by atoms with Crippen molar-refractivity contribution >= 4 is 5.91 Å². The number of hydrogen-bond donors (Lipinski definition) is 2. The van der Waals surface area contributed by atoms with Crippen LogP contribution in [0.15, 0.2) is 0 Å². The van der Waals surface area contributed by atoms with Crippen LogP contribution in [-0.4, -0.2) is 43.5 Å². The fourth-order valence-electron chi connectivity index (χ4n) is 3.42. The molecule has 1 saturated heterocycles. The molecule has 0 bridgehead atoms. The first-order valence-corrected chi connectivity index (χ1v) is 7.40. The highest BCUT2D eigenvalue weighted by molar-refractivity contribution is 5.79. The topological polar surface area (TPSA) is 58.4 Å². The van der Waals surface area contributed by atoms with Gasteiger partial charge >= 0.3 is 0 Å². The molecule has 2 rings (SSSR count). The Morgan fingerprint density at radius 1 is 1.28 bits per heavy atom. The first-order valence-electron chi connectivity index (χ1n) is 7.40. The molecule has 1 aliphatic carbocycles. The molecule has 18 heavy (non-hydrogen) atoms. The lowest BCUT2D eigenvalue weighted by atomic mass is 9.95. The molecule has 1 aliphatic heterocycles. The highest BCUT2D eigenvalue weighted by Gasteiger charge is 2.32. The number of carbonyl (C=O) groups is 1. The quantitative estimate of drug-likeness (QED) is 0.784. The number of likely N-dealkylation sites (tertiary alicyclic amines) is 1. The van der Waals surface area contributed by atoms with Crippen LogP contribution in [0.3, 0.4) is 0 Å². The molecule has 3 unspecified atom stereocenters. The first-order chi connectivity index (χ1) is 8.72. The van der Waals surface area contributed by atoms with Crippen molar-refractivity contribution in [2.75, 3.05) is 26.7 Å². The van der Waals surface area contributed by atoms with E-state index < -0.39 is 0 Å². The molecule has 0 radical (unpaired) electrons. The fourth-order valence-corrected chi connectivity index (χ4v) is 3.42. The number of carbonyl (C=O) groups excluding carboxylic acids is 1. The molecule has 3 atom stereocenters. The summed E-state index contributed by atoms with van der Waals surface area (Å²) in [6, 6.07) is 0.528. The second kappa shape index (κ2) is 6.53. The normalized spacial score (nSPS) is 33.6. The number of nitrogens with one attached hydrogen (secondary N) is 1. The first kappa shape index (κ1) is 13.8. The largest absolute Gasteiger partial charge is 0.354 e. The van der Waals surface area contributed by atoms with Gasteiger partial charge in [-0.05, 0) is 51.7 Å². The van der Waals surface area contributed by atoms with Crippen LogP contribution < -0.4 is 11.1 Å². The molecule has 2 aliphatic rings. The van der Waals surface area contributed by atoms with E-state index in [9.17, 15) is 4.79 Å². The van der Waals surface area contributed by atoms with Gasteiger partial charge < -0.3 is 16.0 Å². The second-order valence-corrected chi connectivity index (χ2v) is 5.91. The van der Waals surface area contributed by atoms with Gasteiger partial charge in [-0.25, -0.2) is 0 Å². The minimum absolute atomic E-state index is 0.170. The summed E-state index contributed by atoms with van der Waals surface area (Å²) in [6.07, 6.45) is 7.09. The van der Waals surface area contributed by atoms with E-state index in [1.165, 1.54) is 19.3 Å². The van der Waals surface area contributed by atoms with E-state index in [1.54, 1.807) is 0 Å². The van der Waals surface area contributed by atoms with E-state index in [2.05, 4.69) is 17.3 Å². The van der Waals surface area contributed by atoms with E-state index >= 15 is 0 Å². The molecule has 1 heterocycles. The summed E-state index contributed by atoms with van der Waals surface area (Å²) in [6.45, 7) is 2.62. The average Bonchev–Trinajstić information content (AvgIpc) is 2.86. The van der Waals surface area contributed by atoms with Gasteiger partial charge in [-0.15, -0.1) is 0 Å². The van der Waals surface area contributed by atoms with Gasteiger partial charge in [0.2, 0.25) is 5.91 Å². The predicted octanol–water partition coefficient (Wildman–Crippen LogP) is 0.962. The maximum Gasteiger partial charge on any atom is 0.223 e. The summed E-state index contributed by atoms with van der Waals surface area (Å²) in [5.74, 6) is 0.819. The van der Waals surface area contributed by atoms with Crippen molar-refractivity contribution in [3.8, 4) is 0 Å². The zero-order valence-corrected chi connectivity index (χ0v) is 11.5. The van der Waals surface area contributed by atoms with Crippen LogP contribution in [0.2, 0.25) is 0 Å². The van der Waals surface area contributed by atoms with Crippen molar-refractivity contribution in [2.24, 2.45) is 17.6 Å². The van der Waals surface area contributed by atoms with Gasteiger partial charge in [0.1, 0.15) is 0 Å². The fraction of sp³-hybridized carbons (Fsp3) is 0.929. The standard InChI is InChI=1S/C14H27N3O/c1-17-8-3-2-6-12(17)10-16-14(18)13-7-4-5-11(13)9-15/h11-13H,2-10,15H2,1H3,(H,16,18). The lowest BCUT2D eigenvalue weighted by Crippen LogP contribution is -2.46. The van der Waals surface area contributed by atoms with Crippen LogP contribution in [0.4, 0.5) is 0 Å². The Morgan fingerprint density at radius 2 is 2.11 bits per heavy atom. The molecular formula is C14H27N3O. The van der Waals surface area contributed by atoms with Crippen LogP contribution in [0.1, 0.15) is 38.5 Å². The third-order valence-electron chi connectivity index (χ3n) is 4.73. The van der Waals surface area contributed by atoms with Gasteiger partial charge in [-0.1, -0.05) is 12.8 Å². The third kappa shape index (κ3) is 3.23. The van der Waals surface area contributed by atoms with Crippen molar-refractivity contribution in [2.45, 2.75) is 44.6 Å². The highest BCUT2D eigenvalue weighted by Crippen LogP contribution is 2.31. The monoisotopic (exact) mass is 253 g/mol. The highest BCUT2D eigenvalue weighted by atomic mass is 16.1. The predicted molar refractivity (Wildman–Crippen MR) is 73.2 cm³/mol. The Labute approximate surface area is 110 Å². The third-order valence-corrected chi connectivity index (χ3v) is 4.73. The molecular weight excluding hydrogens is 226 g/mol. The molecule has 104 valence electrons. The Hall–Kier alpha value is -0.610. The molecule has 0 aromatic carbocycles. The second-order valence-electron chi connectivity index (χ2n) is 5.91. The lowest BCUT2D eigenvalue weighted by Gasteiger charge is -2.33. The van der Waals surface area contributed by atoms with Crippen LogP contribution in [0.5, 0.6) is 0 Å². The lowest BCUT2D eigenvalue weighted by molar-refractivity contribution is -0.126. The van der Waals surface area contributed by atoms with Gasteiger partial charge in [0, 0.05) is 18.5 Å². The minimum Gasteiger partial charge on any atom is -0.354 e. The molecule has 4 heteroatoms. The number of likely N-dealkylation sites (N-methyl/N-ethyl adjacent to an activating group) is 1. The molecule has 3 N–H and O–H groups in total. The van der Waals surface area contributed by atoms with Crippen molar-refractivity contribution in [1.29, 1.82) is 0 Å². The van der Waals surface area contributed by atoms with E-state index in [-0.39, 0.29) is 11.8 Å². The smallest absolute Gasteiger partial charge is 0.223 e. The van der Waals surface area contributed by atoms with Crippen LogP contribution in [-0.2, 0) is 4.79 Å². The van der Waals surface area contributed by atoms with Crippen molar-refractivity contribution in [3.63, 3.8) is 0 Å². The summed E-state index contributed by atoms with van der Waals surface area (Å²) in [7, 11) is 2.16. The van der Waals surface area contributed by atoms with E-state index in [0.717, 1.165) is 32.4 Å². The molecule has 1 saturated carbocycles. The van der Waals surface area contributed by atoms with Crippen molar-refractivity contribution in [3.05, 3.63) is 0 Å². The van der Waals surface area contributed by atoms with Crippen LogP contribution >= 0.6 is 0 Å². The van der Waals surface area contributed by atoms with Crippen molar-refractivity contribution in [1.82, 2.24) is 10.2 Å². The molecule has 0 aromatic rings. The average molecular weight is 253 g/mol. The van der Waals surface area contributed by atoms with Gasteiger partial charge in [-0.3, -0.25) is 4.79 Å². The Morgan fingerprint density at radius 3 is 2.83 bits per heavy atom. The van der Waals surface area contributed by atoms with Crippen LogP contribution in [0, 0.1) is 11.8 Å². The molecule has 0 aromatic heterocycles. The Kier molecular flexibility index (Phi) is 5.01. The maximum atomic E-state index is 12.2. The number of nitrogens with two attached hydrogens (primary N) is 1. The molecule has 2 fully saturated rings. The molecule has 0 spiro atoms. The summed E-state index contributed by atoms with van der Waals surface area (Å²) >= 11 is 0. The van der Waals surface area contributed by atoms with Gasteiger partial charge in [0.25, 0.3) is 0 Å². The van der Waals surface area contributed by atoms with Crippen molar-refractivity contribution < 1.29 is 4.79 Å². The van der Waals surface area contributed by atoms with E-state index in [1.807, 2.05) is 0 Å². The van der Waals surface area contributed by atoms with Gasteiger partial charge in [-0.2, -0.15) is 0 Å². The molecule has 4 nitrogen and oxygen atoms in total. The SMILES string of the molecule is CN1CCCCC1CNC(=O)C1CCCC1CN. The zero-order valence-electron chi connectivity index (χ0n) is 11.5.